The van der Waals surface area contributed by atoms with E-state index in [9.17, 15) is 8.42 Å². The number of unbranched alkanes of at least 4 members (excludes halogenated alkanes) is 1. The van der Waals surface area contributed by atoms with E-state index in [0.29, 0.717) is 18.8 Å². The number of nitrogens with one attached hydrogen (secondary N) is 1. The van der Waals surface area contributed by atoms with E-state index in [0.717, 1.165) is 19.3 Å². The van der Waals surface area contributed by atoms with Crippen LogP contribution >= 0.6 is 0 Å². The smallest absolute Gasteiger partial charge is 0.262 e. The molecule has 1 heterocycles. The molecule has 0 bridgehead atoms. The molecule has 0 aliphatic heterocycles. The van der Waals surface area contributed by atoms with Gasteiger partial charge in [0.1, 0.15) is 0 Å². The molecule has 120 valence electrons. The summed E-state index contributed by atoms with van der Waals surface area (Å²) < 4.78 is 26.8. The van der Waals surface area contributed by atoms with Gasteiger partial charge in [-0.1, -0.05) is 20.3 Å². The number of anilines is 1. The Bertz CT molecular complexity index is 520. The molecule has 1 aromatic heterocycles. The summed E-state index contributed by atoms with van der Waals surface area (Å²) in [5.41, 5.74) is 0.513. The lowest BCUT2D eigenvalue weighted by atomic mass is 10.3. The van der Waals surface area contributed by atoms with Crippen LogP contribution in [0.1, 0.15) is 33.1 Å². The summed E-state index contributed by atoms with van der Waals surface area (Å²) in [4.78, 5) is 4.04. The van der Waals surface area contributed by atoms with Crippen LogP contribution in [0.15, 0.2) is 23.4 Å². The van der Waals surface area contributed by atoms with Gasteiger partial charge in [-0.05, 0) is 25.0 Å². The zero-order valence-corrected chi connectivity index (χ0v) is 13.6. The zero-order chi connectivity index (χ0) is 15.7. The summed E-state index contributed by atoms with van der Waals surface area (Å²) in [5, 5.41) is 12.2. The van der Waals surface area contributed by atoms with Gasteiger partial charge in [-0.2, -0.15) is 4.31 Å². The molecule has 0 aliphatic carbocycles. The molecule has 0 fully saturated rings. The Morgan fingerprint density at radius 3 is 2.67 bits per heavy atom. The van der Waals surface area contributed by atoms with Crippen LogP contribution in [-0.2, 0) is 10.0 Å². The third-order valence-electron chi connectivity index (χ3n) is 3.03. The topological polar surface area (TPSA) is 82.5 Å². The second kappa shape index (κ2) is 8.96. The second-order valence-electron chi connectivity index (χ2n) is 4.76. The highest BCUT2D eigenvalue weighted by molar-refractivity contribution is 7.89. The first-order chi connectivity index (χ1) is 10.1. The minimum absolute atomic E-state index is 0.0306. The second-order valence-corrected chi connectivity index (χ2v) is 6.62. The summed E-state index contributed by atoms with van der Waals surface area (Å²) in [6, 6.07) is 3.42. The van der Waals surface area contributed by atoms with Crippen LogP contribution in [0.25, 0.3) is 0 Å². The van der Waals surface area contributed by atoms with E-state index in [4.69, 9.17) is 5.11 Å². The zero-order valence-electron chi connectivity index (χ0n) is 12.7. The quantitative estimate of drug-likeness (QED) is 0.686. The van der Waals surface area contributed by atoms with Crippen molar-refractivity contribution in [3.8, 4) is 0 Å². The van der Waals surface area contributed by atoms with E-state index in [1.807, 2.05) is 13.8 Å². The number of sulfonamides is 1. The Kier molecular flexibility index (Phi) is 7.63. The molecule has 0 saturated carbocycles. The summed E-state index contributed by atoms with van der Waals surface area (Å²) in [6.45, 7) is 4.97. The monoisotopic (exact) mass is 315 g/mol. The van der Waals surface area contributed by atoms with Crippen molar-refractivity contribution >= 4 is 15.7 Å². The van der Waals surface area contributed by atoms with Crippen molar-refractivity contribution in [1.29, 1.82) is 0 Å². The van der Waals surface area contributed by atoms with Gasteiger partial charge in [0.2, 0.25) is 0 Å². The highest BCUT2D eigenvalue weighted by Crippen LogP contribution is 2.22. The first-order valence-corrected chi connectivity index (χ1v) is 8.81. The van der Waals surface area contributed by atoms with Crippen molar-refractivity contribution in [3.05, 3.63) is 18.3 Å². The first kappa shape index (κ1) is 17.9. The van der Waals surface area contributed by atoms with E-state index in [-0.39, 0.29) is 18.2 Å². The van der Waals surface area contributed by atoms with Gasteiger partial charge >= 0.3 is 0 Å². The van der Waals surface area contributed by atoms with E-state index in [2.05, 4.69) is 10.3 Å². The van der Waals surface area contributed by atoms with Crippen molar-refractivity contribution in [1.82, 2.24) is 9.29 Å². The number of aromatic nitrogens is 1. The lowest BCUT2D eigenvalue weighted by molar-refractivity contribution is 0.252. The maximum atomic E-state index is 12.7. The van der Waals surface area contributed by atoms with Gasteiger partial charge in [0.25, 0.3) is 10.0 Å². The Morgan fingerprint density at radius 2 is 2.05 bits per heavy atom. The summed E-state index contributed by atoms with van der Waals surface area (Å²) >= 11 is 0. The van der Waals surface area contributed by atoms with E-state index in [1.165, 1.54) is 10.5 Å². The number of aliphatic hydroxyl groups is 1. The van der Waals surface area contributed by atoms with Crippen molar-refractivity contribution in [3.63, 3.8) is 0 Å². The third kappa shape index (κ3) is 4.94. The maximum Gasteiger partial charge on any atom is 0.262 e. The molecule has 0 amide bonds. The lowest BCUT2D eigenvalue weighted by Crippen LogP contribution is -2.35. The van der Waals surface area contributed by atoms with Gasteiger partial charge in [-0.15, -0.1) is 0 Å². The predicted molar refractivity (Wildman–Crippen MR) is 83.8 cm³/mol. The van der Waals surface area contributed by atoms with Gasteiger partial charge < -0.3 is 10.4 Å². The van der Waals surface area contributed by atoms with Crippen LogP contribution in [-0.4, -0.2) is 49.1 Å². The predicted octanol–water partition coefficient (Wildman–Crippen LogP) is 1.69. The SMILES string of the molecule is CCCCN(CCO)S(=O)(=O)c1ncccc1NCCC. The van der Waals surface area contributed by atoms with Crippen molar-refractivity contribution in [2.75, 3.05) is 31.6 Å². The molecule has 0 saturated heterocycles. The van der Waals surface area contributed by atoms with Gasteiger partial charge in [-0.25, -0.2) is 13.4 Å². The average molecular weight is 315 g/mol. The van der Waals surface area contributed by atoms with Crippen molar-refractivity contribution in [2.24, 2.45) is 0 Å². The highest BCUT2D eigenvalue weighted by atomic mass is 32.2. The van der Waals surface area contributed by atoms with Crippen molar-refractivity contribution in [2.45, 2.75) is 38.1 Å². The number of rotatable bonds is 10. The first-order valence-electron chi connectivity index (χ1n) is 7.37. The molecule has 0 aromatic carbocycles. The minimum Gasteiger partial charge on any atom is -0.395 e. The molecule has 0 atom stereocenters. The molecule has 0 radical (unpaired) electrons. The minimum atomic E-state index is -3.70. The Balaban J connectivity index is 3.08. The molecular formula is C14H25N3O3S. The number of nitrogens with zero attached hydrogens (tertiary/aromatic N) is 2. The normalized spacial score (nSPS) is 11.8. The number of pyridine rings is 1. The number of aliphatic hydroxyl groups excluding tert-OH is 1. The largest absolute Gasteiger partial charge is 0.395 e. The van der Waals surface area contributed by atoms with E-state index >= 15 is 0 Å². The van der Waals surface area contributed by atoms with Crippen LogP contribution in [0, 0.1) is 0 Å². The fourth-order valence-corrected chi connectivity index (χ4v) is 3.46. The number of hydrogen-bond acceptors (Lipinski definition) is 5. The summed E-state index contributed by atoms with van der Waals surface area (Å²) in [7, 11) is -3.70. The molecule has 1 rings (SSSR count). The van der Waals surface area contributed by atoms with Gasteiger partial charge in [0.05, 0.1) is 12.3 Å². The van der Waals surface area contributed by atoms with Gasteiger partial charge in [-0.3, -0.25) is 0 Å². The Morgan fingerprint density at radius 1 is 1.29 bits per heavy atom. The molecule has 0 unspecified atom stereocenters. The van der Waals surface area contributed by atoms with Crippen LogP contribution in [0.4, 0.5) is 5.69 Å². The Labute approximate surface area is 127 Å². The van der Waals surface area contributed by atoms with E-state index in [1.54, 1.807) is 12.1 Å². The fourth-order valence-electron chi connectivity index (χ4n) is 1.91. The van der Waals surface area contributed by atoms with Crippen LogP contribution in [0.3, 0.4) is 0 Å². The third-order valence-corrected chi connectivity index (χ3v) is 4.89. The van der Waals surface area contributed by atoms with Gasteiger partial charge in [0, 0.05) is 25.8 Å². The van der Waals surface area contributed by atoms with Crippen LogP contribution in [0.2, 0.25) is 0 Å². The Hall–Kier alpha value is -1.18. The number of hydrogen-bond donors (Lipinski definition) is 2. The highest BCUT2D eigenvalue weighted by Gasteiger charge is 2.27. The standard InChI is InChI=1S/C14H25N3O3S/c1-3-5-10-17(11-12-18)21(19,20)14-13(15-8-4-2)7-6-9-16-14/h6-7,9,15,18H,3-5,8,10-12H2,1-2H3. The molecule has 0 spiro atoms. The van der Waals surface area contributed by atoms with Gasteiger partial charge in [0.15, 0.2) is 5.03 Å². The molecule has 2 N–H and O–H groups in total. The molecule has 7 heteroatoms. The summed E-state index contributed by atoms with van der Waals surface area (Å²) in [6.07, 6.45) is 4.01. The maximum absolute atomic E-state index is 12.7. The van der Waals surface area contributed by atoms with Crippen LogP contribution < -0.4 is 5.32 Å². The summed E-state index contributed by atoms with van der Waals surface area (Å²) in [5.74, 6) is 0. The van der Waals surface area contributed by atoms with Crippen LogP contribution in [0.5, 0.6) is 0 Å². The molecule has 0 aliphatic rings. The molecular weight excluding hydrogens is 290 g/mol. The average Bonchev–Trinajstić information content (AvgIpc) is 2.49. The lowest BCUT2D eigenvalue weighted by Gasteiger charge is -2.22. The van der Waals surface area contributed by atoms with Crippen molar-refractivity contribution < 1.29 is 13.5 Å². The molecule has 6 nitrogen and oxygen atoms in total. The van der Waals surface area contributed by atoms with E-state index < -0.39 is 10.0 Å². The molecule has 1 aromatic rings. The molecule has 21 heavy (non-hydrogen) atoms. The fraction of sp³-hybridized carbons (Fsp3) is 0.643.